The third-order valence-electron chi connectivity index (χ3n) is 3.17. The first kappa shape index (κ1) is 10.4. The van der Waals surface area contributed by atoms with E-state index in [0.717, 1.165) is 0 Å². The van der Waals surface area contributed by atoms with E-state index in [1.807, 2.05) is 0 Å². The van der Waals surface area contributed by atoms with Gasteiger partial charge in [-0.05, 0) is 24.6 Å². The van der Waals surface area contributed by atoms with Gasteiger partial charge in [0.15, 0.2) is 0 Å². The SMILES string of the molecule is Cc1ccccc1N1COCc2ccccc21. The topological polar surface area (TPSA) is 12.5 Å². The van der Waals surface area contributed by atoms with Gasteiger partial charge < -0.3 is 9.64 Å². The maximum absolute atomic E-state index is 5.64. The van der Waals surface area contributed by atoms with E-state index in [9.17, 15) is 0 Å². The lowest BCUT2D eigenvalue weighted by Crippen LogP contribution is -2.26. The molecule has 0 amide bonds. The fourth-order valence-electron chi connectivity index (χ4n) is 2.28. The van der Waals surface area contributed by atoms with E-state index in [1.165, 1.54) is 22.5 Å². The number of aryl methyl sites for hydroxylation is 1. The van der Waals surface area contributed by atoms with Crippen LogP contribution in [0.5, 0.6) is 0 Å². The number of nitrogens with zero attached hydrogens (tertiary/aromatic N) is 1. The number of rotatable bonds is 1. The highest BCUT2D eigenvalue weighted by molar-refractivity contribution is 5.69. The molecule has 0 radical (unpaired) electrons. The molecule has 1 aliphatic rings. The molecule has 17 heavy (non-hydrogen) atoms. The van der Waals surface area contributed by atoms with Crippen LogP contribution in [0.4, 0.5) is 11.4 Å². The fourth-order valence-corrected chi connectivity index (χ4v) is 2.28. The lowest BCUT2D eigenvalue weighted by atomic mass is 10.1. The minimum atomic E-state index is 0.627. The Labute approximate surface area is 101 Å². The largest absolute Gasteiger partial charge is 0.356 e. The van der Waals surface area contributed by atoms with Gasteiger partial charge in [-0.15, -0.1) is 0 Å². The average molecular weight is 225 g/mol. The molecule has 0 atom stereocenters. The summed E-state index contributed by atoms with van der Waals surface area (Å²) in [6, 6.07) is 16.8. The fraction of sp³-hybridized carbons (Fsp3) is 0.200. The van der Waals surface area contributed by atoms with Gasteiger partial charge in [0, 0.05) is 16.9 Å². The second-order valence-corrected chi connectivity index (χ2v) is 4.32. The van der Waals surface area contributed by atoms with Crippen molar-refractivity contribution in [1.82, 2.24) is 0 Å². The van der Waals surface area contributed by atoms with Crippen LogP contribution in [0, 0.1) is 6.92 Å². The Balaban J connectivity index is 2.09. The molecule has 1 aliphatic heterocycles. The third kappa shape index (κ3) is 1.81. The Morgan fingerprint density at radius 1 is 0.941 bits per heavy atom. The van der Waals surface area contributed by atoms with E-state index < -0.39 is 0 Å². The number of anilines is 2. The van der Waals surface area contributed by atoms with Crippen molar-refractivity contribution >= 4 is 11.4 Å². The van der Waals surface area contributed by atoms with Crippen LogP contribution in [0.2, 0.25) is 0 Å². The minimum Gasteiger partial charge on any atom is -0.356 e. The van der Waals surface area contributed by atoms with Crippen molar-refractivity contribution < 1.29 is 4.74 Å². The zero-order valence-corrected chi connectivity index (χ0v) is 9.89. The van der Waals surface area contributed by atoms with Gasteiger partial charge >= 0.3 is 0 Å². The van der Waals surface area contributed by atoms with Crippen LogP contribution in [-0.4, -0.2) is 6.73 Å². The summed E-state index contributed by atoms with van der Waals surface area (Å²) in [4.78, 5) is 2.23. The van der Waals surface area contributed by atoms with Crippen molar-refractivity contribution in [2.24, 2.45) is 0 Å². The van der Waals surface area contributed by atoms with Gasteiger partial charge in [-0.1, -0.05) is 36.4 Å². The van der Waals surface area contributed by atoms with E-state index in [4.69, 9.17) is 4.74 Å². The molecule has 86 valence electrons. The van der Waals surface area contributed by atoms with Crippen molar-refractivity contribution in [2.45, 2.75) is 13.5 Å². The first-order chi connectivity index (χ1) is 8.36. The Bertz CT molecular complexity index is 536. The van der Waals surface area contributed by atoms with Gasteiger partial charge in [-0.2, -0.15) is 0 Å². The molecule has 2 nitrogen and oxygen atoms in total. The van der Waals surface area contributed by atoms with Crippen LogP contribution in [0.25, 0.3) is 0 Å². The van der Waals surface area contributed by atoms with Crippen LogP contribution >= 0.6 is 0 Å². The normalized spacial score (nSPS) is 14.5. The molecule has 0 saturated carbocycles. The summed E-state index contributed by atoms with van der Waals surface area (Å²) in [5.41, 5.74) is 5.00. The van der Waals surface area contributed by atoms with Crippen molar-refractivity contribution in [3.63, 3.8) is 0 Å². The van der Waals surface area contributed by atoms with Crippen molar-refractivity contribution in [1.29, 1.82) is 0 Å². The maximum Gasteiger partial charge on any atom is 0.123 e. The smallest absolute Gasteiger partial charge is 0.123 e. The van der Waals surface area contributed by atoms with Gasteiger partial charge in [-0.25, -0.2) is 0 Å². The molecule has 1 heterocycles. The summed E-state index contributed by atoms with van der Waals surface area (Å²) in [6.07, 6.45) is 0. The Hall–Kier alpha value is -1.80. The molecule has 0 aromatic heterocycles. The summed E-state index contributed by atoms with van der Waals surface area (Å²) in [6.45, 7) is 3.47. The van der Waals surface area contributed by atoms with Crippen LogP contribution in [-0.2, 0) is 11.3 Å². The van der Waals surface area contributed by atoms with Crippen LogP contribution in [0.3, 0.4) is 0 Å². The molecule has 2 aromatic rings. The average Bonchev–Trinajstić information content (AvgIpc) is 2.39. The molecule has 0 bridgehead atoms. The second-order valence-electron chi connectivity index (χ2n) is 4.32. The monoisotopic (exact) mass is 225 g/mol. The summed E-state index contributed by atoms with van der Waals surface area (Å²) < 4.78 is 5.64. The highest BCUT2D eigenvalue weighted by Crippen LogP contribution is 2.33. The highest BCUT2D eigenvalue weighted by Gasteiger charge is 2.18. The molecule has 2 aromatic carbocycles. The Morgan fingerprint density at radius 3 is 2.47 bits per heavy atom. The molecule has 0 spiro atoms. The van der Waals surface area contributed by atoms with Crippen LogP contribution in [0.15, 0.2) is 48.5 Å². The summed E-state index contributed by atoms with van der Waals surface area (Å²) >= 11 is 0. The molecule has 0 unspecified atom stereocenters. The summed E-state index contributed by atoms with van der Waals surface area (Å²) in [5, 5.41) is 0. The highest BCUT2D eigenvalue weighted by atomic mass is 16.5. The number of fused-ring (bicyclic) bond motifs is 1. The summed E-state index contributed by atoms with van der Waals surface area (Å²) in [7, 11) is 0. The Morgan fingerprint density at radius 2 is 1.65 bits per heavy atom. The lowest BCUT2D eigenvalue weighted by molar-refractivity contribution is 0.117. The van der Waals surface area contributed by atoms with E-state index in [2.05, 4.69) is 60.4 Å². The first-order valence-electron chi connectivity index (χ1n) is 5.85. The van der Waals surface area contributed by atoms with Crippen molar-refractivity contribution in [3.05, 3.63) is 59.7 Å². The van der Waals surface area contributed by atoms with E-state index in [0.29, 0.717) is 13.3 Å². The zero-order chi connectivity index (χ0) is 11.7. The van der Waals surface area contributed by atoms with Gasteiger partial charge in [0.2, 0.25) is 0 Å². The molecular weight excluding hydrogens is 210 g/mol. The lowest BCUT2D eigenvalue weighted by Gasteiger charge is -2.32. The predicted octanol–water partition coefficient (Wildman–Crippen LogP) is 3.62. The van der Waals surface area contributed by atoms with Crippen LogP contribution in [0.1, 0.15) is 11.1 Å². The van der Waals surface area contributed by atoms with Gasteiger partial charge in [0.05, 0.1) is 6.61 Å². The van der Waals surface area contributed by atoms with Crippen LogP contribution < -0.4 is 4.90 Å². The van der Waals surface area contributed by atoms with E-state index >= 15 is 0 Å². The third-order valence-corrected chi connectivity index (χ3v) is 3.17. The molecule has 0 fully saturated rings. The van der Waals surface area contributed by atoms with Gasteiger partial charge in [0.1, 0.15) is 6.73 Å². The van der Waals surface area contributed by atoms with E-state index in [1.54, 1.807) is 0 Å². The molecule has 0 aliphatic carbocycles. The zero-order valence-electron chi connectivity index (χ0n) is 9.89. The number of hydrogen-bond donors (Lipinski definition) is 0. The number of ether oxygens (including phenoxy) is 1. The molecule has 0 N–H and O–H groups in total. The second kappa shape index (κ2) is 4.22. The first-order valence-corrected chi connectivity index (χ1v) is 5.85. The number of para-hydroxylation sites is 2. The van der Waals surface area contributed by atoms with E-state index in [-0.39, 0.29) is 0 Å². The van der Waals surface area contributed by atoms with Crippen molar-refractivity contribution in [3.8, 4) is 0 Å². The minimum absolute atomic E-state index is 0.627. The Kier molecular flexibility index (Phi) is 2.57. The molecule has 0 saturated heterocycles. The van der Waals surface area contributed by atoms with Crippen molar-refractivity contribution in [2.75, 3.05) is 11.6 Å². The summed E-state index contributed by atoms with van der Waals surface area (Å²) in [5.74, 6) is 0. The molecule has 3 rings (SSSR count). The van der Waals surface area contributed by atoms with Gasteiger partial charge in [0.25, 0.3) is 0 Å². The quantitative estimate of drug-likeness (QED) is 0.735. The number of benzene rings is 2. The molecular formula is C15H15NO. The standard InChI is InChI=1S/C15H15NO/c1-12-6-2-4-8-14(12)16-11-17-10-13-7-3-5-9-15(13)16/h2-9H,10-11H2,1H3. The number of hydrogen-bond acceptors (Lipinski definition) is 2. The predicted molar refractivity (Wildman–Crippen MR) is 69.4 cm³/mol. The maximum atomic E-state index is 5.64. The molecule has 2 heteroatoms. The van der Waals surface area contributed by atoms with Gasteiger partial charge in [-0.3, -0.25) is 0 Å².